The summed E-state index contributed by atoms with van der Waals surface area (Å²) in [5.74, 6) is 6.97. The van der Waals surface area contributed by atoms with Gasteiger partial charge in [-0.15, -0.1) is 11.3 Å². The van der Waals surface area contributed by atoms with E-state index in [1.807, 2.05) is 0 Å². The zero-order valence-electron chi connectivity index (χ0n) is 11.0. The number of thiophene rings is 1. The number of hydrogen-bond acceptors (Lipinski definition) is 3. The second-order valence-electron chi connectivity index (χ2n) is 4.84. The summed E-state index contributed by atoms with van der Waals surface area (Å²) in [6.07, 6.45) is 3.22. The average molecular weight is 263 g/mol. The summed E-state index contributed by atoms with van der Waals surface area (Å²) >= 11 is 1.78. The summed E-state index contributed by atoms with van der Waals surface area (Å²) in [4.78, 5) is 5.06. The van der Waals surface area contributed by atoms with Crippen molar-refractivity contribution in [3.05, 3.63) is 21.9 Å². The Balaban J connectivity index is 1.86. The van der Waals surface area contributed by atoms with Crippen LogP contribution in [0, 0.1) is 17.8 Å². The molecule has 0 spiro atoms. The molecule has 1 atom stereocenters. The molecule has 1 aliphatic heterocycles. The zero-order valence-corrected chi connectivity index (χ0v) is 11.8. The van der Waals surface area contributed by atoms with Crippen molar-refractivity contribution >= 4 is 11.3 Å². The highest BCUT2D eigenvalue weighted by atomic mass is 32.1. The summed E-state index contributed by atoms with van der Waals surface area (Å²) in [5.41, 5.74) is 0. The highest BCUT2D eigenvalue weighted by Gasteiger charge is 2.20. The van der Waals surface area contributed by atoms with Gasteiger partial charge in [0.05, 0.1) is 11.5 Å². The Morgan fingerprint density at radius 3 is 3.11 bits per heavy atom. The Morgan fingerprint density at radius 1 is 1.50 bits per heavy atom. The first-order chi connectivity index (χ1) is 8.81. The Hall–Kier alpha value is -0.820. The number of likely N-dealkylation sites (tertiary alicyclic amines) is 1. The van der Waals surface area contributed by atoms with Gasteiger partial charge in [0, 0.05) is 24.4 Å². The van der Waals surface area contributed by atoms with Crippen molar-refractivity contribution in [1.29, 1.82) is 0 Å². The third-order valence-corrected chi connectivity index (χ3v) is 4.42. The molecule has 0 aromatic carbocycles. The van der Waals surface area contributed by atoms with Gasteiger partial charge in [-0.05, 0) is 31.0 Å². The number of rotatable bonds is 4. The molecule has 1 aliphatic rings. The van der Waals surface area contributed by atoms with E-state index in [4.69, 9.17) is 5.11 Å². The van der Waals surface area contributed by atoms with Crippen LogP contribution in [0.3, 0.4) is 0 Å². The van der Waals surface area contributed by atoms with Crippen LogP contribution in [0.25, 0.3) is 0 Å². The largest absolute Gasteiger partial charge is 0.395 e. The molecule has 1 fully saturated rings. The van der Waals surface area contributed by atoms with Crippen LogP contribution >= 0.6 is 11.3 Å². The second kappa shape index (κ2) is 6.94. The van der Waals surface area contributed by atoms with Gasteiger partial charge >= 0.3 is 0 Å². The highest BCUT2D eigenvalue weighted by molar-refractivity contribution is 7.12. The Kier molecular flexibility index (Phi) is 5.25. The van der Waals surface area contributed by atoms with Gasteiger partial charge in [0.2, 0.25) is 0 Å². The van der Waals surface area contributed by atoms with Gasteiger partial charge < -0.3 is 5.11 Å². The van der Waals surface area contributed by atoms with Crippen LogP contribution in [0.5, 0.6) is 0 Å². The van der Waals surface area contributed by atoms with E-state index in [-0.39, 0.29) is 6.61 Å². The number of nitrogens with zero attached hydrogens (tertiary/aromatic N) is 1. The van der Waals surface area contributed by atoms with E-state index < -0.39 is 0 Å². The molecule has 0 saturated carbocycles. The lowest BCUT2D eigenvalue weighted by Crippen LogP contribution is -2.19. The molecule has 3 heteroatoms. The predicted octanol–water partition coefficient (Wildman–Crippen LogP) is 2.71. The highest BCUT2D eigenvalue weighted by Crippen LogP contribution is 2.23. The molecule has 0 amide bonds. The van der Waals surface area contributed by atoms with Crippen LogP contribution in [0.1, 0.15) is 35.9 Å². The van der Waals surface area contributed by atoms with Crippen molar-refractivity contribution in [1.82, 2.24) is 4.90 Å². The van der Waals surface area contributed by atoms with Crippen molar-refractivity contribution in [2.75, 3.05) is 19.7 Å². The molecule has 0 radical (unpaired) electrons. The van der Waals surface area contributed by atoms with Crippen molar-refractivity contribution in [2.45, 2.75) is 32.7 Å². The SMILES string of the molecule is CCC1CCN(Cc2ccc(C#CCCO)s2)C1. The predicted molar refractivity (Wildman–Crippen MR) is 76.6 cm³/mol. The van der Waals surface area contributed by atoms with Gasteiger partial charge in [0.1, 0.15) is 0 Å². The first kappa shape index (κ1) is 13.6. The minimum atomic E-state index is 0.150. The molecule has 1 aromatic heterocycles. The maximum Gasteiger partial charge on any atom is 0.0771 e. The van der Waals surface area contributed by atoms with Crippen LogP contribution in [-0.4, -0.2) is 29.7 Å². The summed E-state index contributed by atoms with van der Waals surface area (Å²) < 4.78 is 0. The van der Waals surface area contributed by atoms with Crippen LogP contribution in [0.4, 0.5) is 0 Å². The van der Waals surface area contributed by atoms with Crippen LogP contribution in [-0.2, 0) is 6.54 Å². The molecular weight excluding hydrogens is 242 g/mol. The van der Waals surface area contributed by atoms with Gasteiger partial charge in [0.25, 0.3) is 0 Å². The normalized spacial score (nSPS) is 19.8. The molecule has 18 heavy (non-hydrogen) atoms. The summed E-state index contributed by atoms with van der Waals surface area (Å²) in [6, 6.07) is 4.28. The maximum absolute atomic E-state index is 8.68. The van der Waals surface area contributed by atoms with Gasteiger partial charge in [0.15, 0.2) is 0 Å². The molecule has 1 saturated heterocycles. The molecular formula is C15H21NOS. The summed E-state index contributed by atoms with van der Waals surface area (Å²) in [7, 11) is 0. The van der Waals surface area contributed by atoms with Crippen LogP contribution in [0.15, 0.2) is 12.1 Å². The molecule has 2 rings (SSSR count). The minimum Gasteiger partial charge on any atom is -0.395 e. The van der Waals surface area contributed by atoms with E-state index in [1.54, 1.807) is 11.3 Å². The Labute approximate surface area is 114 Å². The minimum absolute atomic E-state index is 0.150. The molecule has 0 aliphatic carbocycles. The van der Waals surface area contributed by atoms with Crippen molar-refractivity contribution in [3.8, 4) is 11.8 Å². The Bertz CT molecular complexity index is 429. The van der Waals surface area contributed by atoms with Gasteiger partial charge in [-0.1, -0.05) is 25.2 Å². The molecule has 1 unspecified atom stereocenters. The van der Waals surface area contributed by atoms with E-state index in [9.17, 15) is 0 Å². The Morgan fingerprint density at radius 2 is 2.39 bits per heavy atom. The van der Waals surface area contributed by atoms with Crippen molar-refractivity contribution in [2.24, 2.45) is 5.92 Å². The molecule has 0 bridgehead atoms. The summed E-state index contributed by atoms with van der Waals surface area (Å²) in [5, 5.41) is 8.68. The molecule has 2 nitrogen and oxygen atoms in total. The molecule has 2 heterocycles. The lowest BCUT2D eigenvalue weighted by atomic mass is 10.1. The lowest BCUT2D eigenvalue weighted by molar-refractivity contribution is 0.305. The lowest BCUT2D eigenvalue weighted by Gasteiger charge is -2.13. The number of aliphatic hydroxyl groups excluding tert-OH is 1. The first-order valence-corrected chi connectivity index (χ1v) is 7.54. The quantitative estimate of drug-likeness (QED) is 0.844. The topological polar surface area (TPSA) is 23.5 Å². The van der Waals surface area contributed by atoms with E-state index >= 15 is 0 Å². The first-order valence-electron chi connectivity index (χ1n) is 6.72. The maximum atomic E-state index is 8.68. The monoisotopic (exact) mass is 263 g/mol. The van der Waals surface area contributed by atoms with Crippen molar-refractivity contribution < 1.29 is 5.11 Å². The van der Waals surface area contributed by atoms with Crippen molar-refractivity contribution in [3.63, 3.8) is 0 Å². The molecule has 98 valence electrons. The van der Waals surface area contributed by atoms with E-state index in [2.05, 4.69) is 35.8 Å². The second-order valence-corrected chi connectivity index (χ2v) is 6.01. The van der Waals surface area contributed by atoms with E-state index in [0.717, 1.165) is 17.3 Å². The zero-order chi connectivity index (χ0) is 12.8. The smallest absolute Gasteiger partial charge is 0.0771 e. The summed E-state index contributed by atoms with van der Waals surface area (Å²) in [6.45, 7) is 6.00. The average Bonchev–Trinajstić information content (AvgIpc) is 3.00. The fourth-order valence-corrected chi connectivity index (χ4v) is 3.27. The fraction of sp³-hybridized carbons (Fsp3) is 0.600. The van der Waals surface area contributed by atoms with Crippen LogP contribution in [0.2, 0.25) is 0 Å². The molecule has 1 N–H and O–H groups in total. The number of aliphatic hydroxyl groups is 1. The third-order valence-electron chi connectivity index (χ3n) is 3.44. The van der Waals surface area contributed by atoms with E-state index in [0.29, 0.717) is 6.42 Å². The van der Waals surface area contributed by atoms with Crippen LogP contribution < -0.4 is 0 Å². The van der Waals surface area contributed by atoms with Gasteiger partial charge in [-0.25, -0.2) is 0 Å². The van der Waals surface area contributed by atoms with E-state index in [1.165, 1.54) is 30.8 Å². The standard InChI is InChI=1S/C15H21NOS/c1-2-13-8-9-16(11-13)12-15-7-6-14(18-15)5-3-4-10-17/h6-7,13,17H,2,4,8-12H2,1H3. The number of hydrogen-bond donors (Lipinski definition) is 1. The molecule has 1 aromatic rings. The van der Waals surface area contributed by atoms with Gasteiger partial charge in [-0.2, -0.15) is 0 Å². The third kappa shape index (κ3) is 3.84. The van der Waals surface area contributed by atoms with Gasteiger partial charge in [-0.3, -0.25) is 4.90 Å². The fourth-order valence-electron chi connectivity index (χ4n) is 2.35.